The summed E-state index contributed by atoms with van der Waals surface area (Å²) in [7, 11) is 3.96. The van der Waals surface area contributed by atoms with Crippen LogP contribution in [0.15, 0.2) is 53.4 Å². The number of anilines is 1. The van der Waals surface area contributed by atoms with Gasteiger partial charge in [-0.05, 0) is 30.7 Å². The zero-order valence-corrected chi connectivity index (χ0v) is 14.2. The number of halogens is 1. The van der Waals surface area contributed by atoms with Crippen molar-refractivity contribution in [2.45, 2.75) is 12.5 Å². The molecule has 0 amide bonds. The topological polar surface area (TPSA) is 38.1 Å². The molecule has 24 heavy (non-hydrogen) atoms. The van der Waals surface area contributed by atoms with E-state index < -0.39 is 0 Å². The van der Waals surface area contributed by atoms with E-state index in [0.717, 1.165) is 21.3 Å². The highest BCUT2D eigenvalue weighted by Crippen LogP contribution is 2.36. The Morgan fingerprint density at radius 1 is 1.38 bits per heavy atom. The smallest absolute Gasteiger partial charge is 0.269 e. The van der Waals surface area contributed by atoms with Crippen molar-refractivity contribution in [3.63, 3.8) is 0 Å². The van der Waals surface area contributed by atoms with Gasteiger partial charge in [0.25, 0.3) is 5.56 Å². The fourth-order valence-corrected chi connectivity index (χ4v) is 4.21. The van der Waals surface area contributed by atoms with Crippen LogP contribution in [0.1, 0.15) is 12.5 Å². The summed E-state index contributed by atoms with van der Waals surface area (Å²) in [5, 5.41) is 1.94. The number of aromatic nitrogens is 2. The second-order valence-corrected chi connectivity index (χ2v) is 7.03. The van der Waals surface area contributed by atoms with Crippen LogP contribution in [0.3, 0.4) is 0 Å². The number of fused-ring (bicyclic) bond motifs is 3. The minimum atomic E-state index is -0.248. The zero-order valence-electron chi connectivity index (χ0n) is 13.4. The second-order valence-electron chi connectivity index (χ2n) is 6.03. The van der Waals surface area contributed by atoms with E-state index in [1.807, 2.05) is 31.1 Å². The molecule has 4 nitrogen and oxygen atoms in total. The highest BCUT2D eigenvalue weighted by molar-refractivity contribution is 7.25. The zero-order chi connectivity index (χ0) is 16.8. The lowest BCUT2D eigenvalue weighted by Gasteiger charge is -2.17. The molecule has 6 heteroatoms. The highest BCUT2D eigenvalue weighted by atomic mass is 32.1. The monoisotopic (exact) mass is 341 g/mol. The summed E-state index contributed by atoms with van der Waals surface area (Å²) < 4.78 is 15.5. The predicted molar refractivity (Wildman–Crippen MR) is 97.7 cm³/mol. The SMILES string of the molecule is CN(C)c1ccnc2sc3c(=O)n(C4C=CC(F)=CC4)ccc3c12. The maximum atomic E-state index is 13.2. The molecule has 0 spiro atoms. The van der Waals surface area contributed by atoms with Crippen LogP contribution >= 0.6 is 11.3 Å². The molecule has 1 unspecified atom stereocenters. The van der Waals surface area contributed by atoms with Crippen molar-refractivity contribution < 1.29 is 4.39 Å². The molecule has 0 N–H and O–H groups in total. The van der Waals surface area contributed by atoms with E-state index in [0.29, 0.717) is 11.1 Å². The fourth-order valence-electron chi connectivity index (χ4n) is 3.11. The predicted octanol–water partition coefficient (Wildman–Crippen LogP) is 4.03. The normalized spacial score (nSPS) is 17.5. The Hall–Kier alpha value is -2.47. The molecule has 3 aromatic heterocycles. The lowest BCUT2D eigenvalue weighted by atomic mass is 10.1. The number of nitrogens with zero attached hydrogens (tertiary/aromatic N) is 3. The largest absolute Gasteiger partial charge is 0.377 e. The molecule has 0 saturated heterocycles. The number of hydrogen-bond acceptors (Lipinski definition) is 4. The molecule has 0 aliphatic heterocycles. The van der Waals surface area contributed by atoms with Crippen molar-refractivity contribution in [1.82, 2.24) is 9.55 Å². The van der Waals surface area contributed by atoms with Crippen LogP contribution in [0, 0.1) is 0 Å². The average Bonchev–Trinajstić information content (AvgIpc) is 2.96. The maximum Gasteiger partial charge on any atom is 0.269 e. The first-order valence-electron chi connectivity index (χ1n) is 7.70. The van der Waals surface area contributed by atoms with E-state index >= 15 is 0 Å². The molecule has 0 fully saturated rings. The standard InChI is InChI=1S/C18H16FN3OS/c1-21(2)14-7-9-20-17-15(14)13-8-10-22(18(23)16(13)24-17)12-5-3-11(19)4-6-12/h3-5,7-10,12H,6H2,1-2H3. The van der Waals surface area contributed by atoms with Crippen LogP contribution in [0.2, 0.25) is 0 Å². The van der Waals surface area contributed by atoms with E-state index in [2.05, 4.69) is 4.98 Å². The third kappa shape index (κ3) is 2.26. The van der Waals surface area contributed by atoms with Crippen molar-refractivity contribution >= 4 is 37.3 Å². The summed E-state index contributed by atoms with van der Waals surface area (Å²) >= 11 is 1.41. The molecule has 0 saturated carbocycles. The van der Waals surface area contributed by atoms with E-state index in [9.17, 15) is 9.18 Å². The molecular weight excluding hydrogens is 325 g/mol. The minimum Gasteiger partial charge on any atom is -0.377 e. The van der Waals surface area contributed by atoms with Gasteiger partial charge in [0.05, 0.1) is 6.04 Å². The lowest BCUT2D eigenvalue weighted by Crippen LogP contribution is -2.23. The van der Waals surface area contributed by atoms with Gasteiger partial charge in [0.2, 0.25) is 0 Å². The summed E-state index contributed by atoms with van der Waals surface area (Å²) in [5.74, 6) is -0.248. The molecule has 0 bridgehead atoms. The number of thiophene rings is 1. The van der Waals surface area contributed by atoms with Crippen molar-refractivity contribution in [3.8, 4) is 0 Å². The van der Waals surface area contributed by atoms with Crippen molar-refractivity contribution in [2.75, 3.05) is 19.0 Å². The first kappa shape index (κ1) is 15.1. The molecule has 1 aliphatic carbocycles. The van der Waals surface area contributed by atoms with Gasteiger partial charge in [0.1, 0.15) is 15.4 Å². The lowest BCUT2D eigenvalue weighted by molar-refractivity contribution is 0.563. The maximum absolute atomic E-state index is 13.2. The van der Waals surface area contributed by atoms with E-state index in [1.54, 1.807) is 23.0 Å². The van der Waals surface area contributed by atoms with Gasteiger partial charge in [-0.1, -0.05) is 6.08 Å². The van der Waals surface area contributed by atoms with E-state index in [1.165, 1.54) is 23.5 Å². The third-order valence-corrected chi connectivity index (χ3v) is 5.41. The van der Waals surface area contributed by atoms with Gasteiger partial charge in [0, 0.05) is 42.9 Å². The van der Waals surface area contributed by atoms with Gasteiger partial charge in [-0.2, -0.15) is 0 Å². The number of pyridine rings is 2. The Labute approximate surface area is 142 Å². The summed E-state index contributed by atoms with van der Waals surface area (Å²) in [6.45, 7) is 0. The van der Waals surface area contributed by atoms with Crippen molar-refractivity contribution in [2.24, 2.45) is 0 Å². The van der Waals surface area contributed by atoms with Gasteiger partial charge in [-0.15, -0.1) is 11.3 Å². The van der Waals surface area contributed by atoms with Gasteiger partial charge in [-0.25, -0.2) is 9.37 Å². The van der Waals surface area contributed by atoms with Gasteiger partial charge in [-0.3, -0.25) is 4.79 Å². The minimum absolute atomic E-state index is 0.0504. The molecule has 3 aromatic rings. The molecule has 0 radical (unpaired) electrons. The van der Waals surface area contributed by atoms with Crippen molar-refractivity contribution in [1.29, 1.82) is 0 Å². The van der Waals surface area contributed by atoms with E-state index in [4.69, 9.17) is 0 Å². The first-order valence-corrected chi connectivity index (χ1v) is 8.51. The van der Waals surface area contributed by atoms with Crippen LogP contribution in [0.25, 0.3) is 20.3 Å². The highest BCUT2D eigenvalue weighted by Gasteiger charge is 2.18. The van der Waals surface area contributed by atoms with Crippen LogP contribution < -0.4 is 10.5 Å². The fraction of sp³-hybridized carbons (Fsp3) is 0.222. The Kier molecular flexibility index (Phi) is 3.49. The van der Waals surface area contributed by atoms with Gasteiger partial charge >= 0.3 is 0 Å². The number of hydrogen-bond donors (Lipinski definition) is 0. The molecule has 0 aromatic carbocycles. The van der Waals surface area contributed by atoms with Crippen molar-refractivity contribution in [3.05, 3.63) is 58.9 Å². The van der Waals surface area contributed by atoms with E-state index in [-0.39, 0.29) is 17.4 Å². The summed E-state index contributed by atoms with van der Waals surface area (Å²) in [4.78, 5) is 20.3. The molecule has 1 aliphatic rings. The average molecular weight is 341 g/mol. The Bertz CT molecular complexity index is 1060. The van der Waals surface area contributed by atoms with Gasteiger partial charge < -0.3 is 9.47 Å². The van der Waals surface area contributed by atoms with Gasteiger partial charge in [0.15, 0.2) is 0 Å². The molecule has 1 atom stereocenters. The van der Waals surface area contributed by atoms with Crippen LogP contribution in [0.4, 0.5) is 10.1 Å². The third-order valence-electron chi connectivity index (χ3n) is 4.31. The quantitative estimate of drug-likeness (QED) is 0.706. The van der Waals surface area contributed by atoms with Crippen LogP contribution in [-0.4, -0.2) is 23.6 Å². The molecule has 3 heterocycles. The second kappa shape index (κ2) is 5.56. The number of rotatable bonds is 2. The Morgan fingerprint density at radius 3 is 2.92 bits per heavy atom. The molecular formula is C18H16FN3OS. The Balaban J connectivity index is 1.95. The molecule has 122 valence electrons. The first-order chi connectivity index (χ1) is 11.6. The van der Waals surface area contributed by atoms with Crippen LogP contribution in [0.5, 0.6) is 0 Å². The van der Waals surface area contributed by atoms with Crippen LogP contribution in [-0.2, 0) is 0 Å². The number of allylic oxidation sites excluding steroid dienone is 4. The molecule has 4 rings (SSSR count). The Morgan fingerprint density at radius 2 is 2.21 bits per heavy atom. The summed E-state index contributed by atoms with van der Waals surface area (Å²) in [6.07, 6.45) is 8.72. The summed E-state index contributed by atoms with van der Waals surface area (Å²) in [5.41, 5.74) is 0.997. The summed E-state index contributed by atoms with van der Waals surface area (Å²) in [6, 6.07) is 3.78.